The topological polar surface area (TPSA) is 66.5 Å². The second-order valence-electron chi connectivity index (χ2n) is 7.97. The number of nitrogens with one attached hydrogen (secondary N) is 1. The summed E-state index contributed by atoms with van der Waals surface area (Å²) in [5.74, 6) is -0.0275. The van der Waals surface area contributed by atoms with E-state index in [9.17, 15) is 13.2 Å². The Kier molecular flexibility index (Phi) is 7.67. The summed E-state index contributed by atoms with van der Waals surface area (Å²) in [6, 6.07) is 13.0. The quantitative estimate of drug-likeness (QED) is 0.695. The molecule has 0 spiro atoms. The Morgan fingerprint density at radius 2 is 1.67 bits per heavy atom. The standard InChI is InChI=1S/C24H32N2O3S/c1-3-21-10-8-9-19(2)24(21)25-23(27)16-13-20-11-14-22(15-12-20)30(28,29)26-17-6-4-5-7-18-26/h8-12,14-15H,3-7,13,16-18H2,1-2H3,(H,25,27). The molecule has 1 aliphatic heterocycles. The summed E-state index contributed by atoms with van der Waals surface area (Å²) in [5.41, 5.74) is 4.06. The molecule has 1 fully saturated rings. The van der Waals surface area contributed by atoms with Crippen LogP contribution in [0.2, 0.25) is 0 Å². The van der Waals surface area contributed by atoms with Crippen molar-refractivity contribution in [2.45, 2.75) is 63.7 Å². The Labute approximate surface area is 180 Å². The highest BCUT2D eigenvalue weighted by atomic mass is 32.2. The lowest BCUT2D eigenvalue weighted by Crippen LogP contribution is -2.31. The number of sulfonamides is 1. The van der Waals surface area contributed by atoms with Crippen LogP contribution in [0.5, 0.6) is 0 Å². The number of aryl methyl sites for hydroxylation is 3. The van der Waals surface area contributed by atoms with Gasteiger partial charge in [-0.15, -0.1) is 0 Å². The van der Waals surface area contributed by atoms with Crippen LogP contribution in [-0.4, -0.2) is 31.7 Å². The summed E-state index contributed by atoms with van der Waals surface area (Å²) in [6.07, 6.45) is 5.83. The molecule has 6 heteroatoms. The Balaban J connectivity index is 1.60. The molecule has 1 amide bonds. The normalized spacial score (nSPS) is 15.5. The number of amides is 1. The smallest absolute Gasteiger partial charge is 0.243 e. The maximum absolute atomic E-state index is 12.9. The van der Waals surface area contributed by atoms with Gasteiger partial charge in [-0.3, -0.25) is 4.79 Å². The van der Waals surface area contributed by atoms with Crippen molar-refractivity contribution < 1.29 is 13.2 Å². The molecular weight excluding hydrogens is 396 g/mol. The van der Waals surface area contributed by atoms with E-state index in [0.717, 1.165) is 54.5 Å². The number of anilines is 1. The average Bonchev–Trinajstić information content (AvgIpc) is 3.04. The molecule has 162 valence electrons. The van der Waals surface area contributed by atoms with Crippen molar-refractivity contribution in [2.24, 2.45) is 0 Å². The lowest BCUT2D eigenvalue weighted by molar-refractivity contribution is -0.116. The number of hydrogen-bond donors (Lipinski definition) is 1. The van der Waals surface area contributed by atoms with E-state index in [4.69, 9.17) is 0 Å². The molecule has 1 N–H and O–H groups in total. The van der Waals surface area contributed by atoms with Crippen molar-refractivity contribution in [3.8, 4) is 0 Å². The maximum atomic E-state index is 12.9. The minimum absolute atomic E-state index is 0.0275. The third kappa shape index (κ3) is 5.49. The number of benzene rings is 2. The largest absolute Gasteiger partial charge is 0.326 e. The molecule has 0 unspecified atom stereocenters. The molecule has 0 saturated carbocycles. The van der Waals surface area contributed by atoms with E-state index in [1.165, 1.54) is 0 Å². The van der Waals surface area contributed by atoms with Crippen molar-refractivity contribution in [3.63, 3.8) is 0 Å². The predicted molar refractivity (Wildman–Crippen MR) is 121 cm³/mol. The molecule has 0 radical (unpaired) electrons. The maximum Gasteiger partial charge on any atom is 0.243 e. The highest BCUT2D eigenvalue weighted by Gasteiger charge is 2.24. The Morgan fingerprint density at radius 3 is 2.30 bits per heavy atom. The van der Waals surface area contributed by atoms with Crippen LogP contribution in [0.25, 0.3) is 0 Å². The van der Waals surface area contributed by atoms with Crippen molar-refractivity contribution in [2.75, 3.05) is 18.4 Å². The summed E-state index contributed by atoms with van der Waals surface area (Å²) < 4.78 is 27.4. The van der Waals surface area contributed by atoms with Crippen LogP contribution in [0.1, 0.15) is 55.7 Å². The monoisotopic (exact) mass is 428 g/mol. The summed E-state index contributed by atoms with van der Waals surface area (Å²) >= 11 is 0. The van der Waals surface area contributed by atoms with Gasteiger partial charge in [-0.1, -0.05) is 50.1 Å². The zero-order chi connectivity index (χ0) is 21.6. The van der Waals surface area contributed by atoms with Gasteiger partial charge in [-0.25, -0.2) is 8.42 Å². The minimum Gasteiger partial charge on any atom is -0.326 e. The molecule has 1 heterocycles. The second-order valence-corrected chi connectivity index (χ2v) is 9.91. The molecule has 5 nitrogen and oxygen atoms in total. The van der Waals surface area contributed by atoms with E-state index in [2.05, 4.69) is 12.2 Å². The van der Waals surface area contributed by atoms with Crippen LogP contribution >= 0.6 is 0 Å². The van der Waals surface area contributed by atoms with Crippen LogP contribution in [0, 0.1) is 6.92 Å². The van der Waals surface area contributed by atoms with Gasteiger partial charge in [0.2, 0.25) is 15.9 Å². The highest BCUT2D eigenvalue weighted by molar-refractivity contribution is 7.89. The van der Waals surface area contributed by atoms with Crippen molar-refractivity contribution in [1.82, 2.24) is 4.31 Å². The number of carbonyl (C=O) groups is 1. The molecular formula is C24H32N2O3S. The fourth-order valence-corrected chi connectivity index (χ4v) is 5.44. The predicted octanol–water partition coefficient (Wildman–Crippen LogP) is 4.69. The summed E-state index contributed by atoms with van der Waals surface area (Å²) in [5, 5.41) is 3.04. The van der Waals surface area contributed by atoms with Gasteiger partial charge >= 0.3 is 0 Å². The molecule has 30 heavy (non-hydrogen) atoms. The zero-order valence-electron chi connectivity index (χ0n) is 18.0. The lowest BCUT2D eigenvalue weighted by atomic mass is 10.1. The van der Waals surface area contributed by atoms with E-state index in [1.807, 2.05) is 37.3 Å². The van der Waals surface area contributed by atoms with E-state index >= 15 is 0 Å². The molecule has 0 aromatic heterocycles. The van der Waals surface area contributed by atoms with Crippen LogP contribution in [-0.2, 0) is 27.7 Å². The molecule has 0 atom stereocenters. The van der Waals surface area contributed by atoms with Gasteiger partial charge in [0.15, 0.2) is 0 Å². The second kappa shape index (κ2) is 10.2. The minimum atomic E-state index is -3.43. The molecule has 0 bridgehead atoms. The highest BCUT2D eigenvalue weighted by Crippen LogP contribution is 2.23. The first kappa shape index (κ1) is 22.5. The molecule has 0 aliphatic carbocycles. The number of hydrogen-bond acceptors (Lipinski definition) is 3. The van der Waals surface area contributed by atoms with Gasteiger partial charge < -0.3 is 5.32 Å². The molecule has 1 aliphatic rings. The summed E-state index contributed by atoms with van der Waals surface area (Å²) in [7, 11) is -3.43. The first-order valence-electron chi connectivity index (χ1n) is 10.9. The first-order valence-corrected chi connectivity index (χ1v) is 12.3. The van der Waals surface area contributed by atoms with Gasteiger partial charge in [-0.05, 0) is 61.4 Å². The third-order valence-electron chi connectivity index (χ3n) is 5.77. The van der Waals surface area contributed by atoms with Crippen LogP contribution in [0.4, 0.5) is 5.69 Å². The Bertz CT molecular complexity index is 960. The van der Waals surface area contributed by atoms with Gasteiger partial charge in [0.25, 0.3) is 0 Å². The fraction of sp³-hybridized carbons (Fsp3) is 0.458. The number of carbonyl (C=O) groups excluding carboxylic acids is 1. The van der Waals surface area contributed by atoms with Gasteiger partial charge in [-0.2, -0.15) is 4.31 Å². The third-order valence-corrected chi connectivity index (χ3v) is 7.68. The van der Waals surface area contributed by atoms with Crippen LogP contribution in [0.15, 0.2) is 47.4 Å². The van der Waals surface area contributed by atoms with E-state index in [0.29, 0.717) is 30.8 Å². The molecule has 1 saturated heterocycles. The zero-order valence-corrected chi connectivity index (χ0v) is 18.8. The van der Waals surface area contributed by atoms with Crippen molar-refractivity contribution in [3.05, 3.63) is 59.2 Å². The van der Waals surface area contributed by atoms with Gasteiger partial charge in [0.1, 0.15) is 0 Å². The fourth-order valence-electron chi connectivity index (χ4n) is 3.92. The Morgan fingerprint density at radius 1 is 1.00 bits per heavy atom. The first-order chi connectivity index (χ1) is 14.4. The number of rotatable bonds is 7. The van der Waals surface area contributed by atoms with E-state index in [1.54, 1.807) is 16.4 Å². The SMILES string of the molecule is CCc1cccc(C)c1NC(=O)CCc1ccc(S(=O)(=O)N2CCCCCC2)cc1. The van der Waals surface area contributed by atoms with Crippen molar-refractivity contribution >= 4 is 21.6 Å². The van der Waals surface area contributed by atoms with Crippen LogP contribution in [0.3, 0.4) is 0 Å². The lowest BCUT2D eigenvalue weighted by Gasteiger charge is -2.20. The van der Waals surface area contributed by atoms with Crippen molar-refractivity contribution in [1.29, 1.82) is 0 Å². The summed E-state index contributed by atoms with van der Waals surface area (Å²) in [6.45, 7) is 5.27. The summed E-state index contributed by atoms with van der Waals surface area (Å²) in [4.78, 5) is 12.8. The van der Waals surface area contributed by atoms with Gasteiger partial charge in [0, 0.05) is 25.2 Å². The number of nitrogens with zero attached hydrogens (tertiary/aromatic N) is 1. The van der Waals surface area contributed by atoms with E-state index < -0.39 is 10.0 Å². The van der Waals surface area contributed by atoms with Crippen LogP contribution < -0.4 is 5.32 Å². The van der Waals surface area contributed by atoms with E-state index in [-0.39, 0.29) is 5.91 Å². The average molecular weight is 429 g/mol. The number of para-hydroxylation sites is 1. The Hall–Kier alpha value is -2.18. The van der Waals surface area contributed by atoms with Gasteiger partial charge in [0.05, 0.1) is 4.90 Å². The molecule has 2 aromatic carbocycles. The molecule has 3 rings (SSSR count). The molecule has 2 aromatic rings.